The first-order valence-electron chi connectivity index (χ1n) is 8.64. The second kappa shape index (κ2) is 6.86. The predicted molar refractivity (Wildman–Crippen MR) is 107 cm³/mol. The maximum Gasteiger partial charge on any atom is 0.230 e. The molecular weight excluding hydrogens is 372 g/mol. The van der Waals surface area contributed by atoms with E-state index in [2.05, 4.69) is 20.1 Å². The van der Waals surface area contributed by atoms with Crippen LogP contribution in [-0.4, -0.2) is 20.1 Å². The van der Waals surface area contributed by atoms with Gasteiger partial charge in [-0.25, -0.2) is 4.98 Å². The van der Waals surface area contributed by atoms with E-state index in [0.29, 0.717) is 29.2 Å². The summed E-state index contributed by atoms with van der Waals surface area (Å²) in [6.45, 7) is 1.76. The smallest absolute Gasteiger partial charge is 0.230 e. The van der Waals surface area contributed by atoms with Gasteiger partial charge < -0.3 is 9.26 Å². The number of ether oxygens (including phenoxy) is 1. The maximum absolute atomic E-state index is 6.17. The number of nitrogens with zero attached hydrogens (tertiary/aromatic N) is 4. The van der Waals surface area contributed by atoms with Crippen LogP contribution in [0.1, 0.15) is 5.89 Å². The average molecular weight is 386 g/mol. The Hall–Kier alpha value is -3.58. The Labute approximate surface area is 164 Å². The first-order chi connectivity index (χ1) is 13.8. The Kier molecular flexibility index (Phi) is 4.06. The van der Waals surface area contributed by atoms with Crippen molar-refractivity contribution in [3.63, 3.8) is 0 Å². The molecule has 7 heteroatoms. The predicted octanol–water partition coefficient (Wildman–Crippen LogP) is 5.51. The molecule has 0 N–H and O–H groups in total. The van der Waals surface area contributed by atoms with E-state index in [9.17, 15) is 0 Å². The molecule has 2 aromatic carbocycles. The number of benzene rings is 2. The van der Waals surface area contributed by atoms with Gasteiger partial charge in [-0.2, -0.15) is 21.3 Å². The van der Waals surface area contributed by atoms with E-state index < -0.39 is 0 Å². The van der Waals surface area contributed by atoms with E-state index in [1.807, 2.05) is 65.4 Å². The summed E-state index contributed by atoms with van der Waals surface area (Å²) in [6, 6.07) is 17.3. The van der Waals surface area contributed by atoms with Crippen LogP contribution in [0, 0.1) is 6.92 Å². The highest BCUT2D eigenvalue weighted by Gasteiger charge is 2.13. The molecule has 136 valence electrons. The van der Waals surface area contributed by atoms with Crippen LogP contribution in [-0.2, 0) is 0 Å². The van der Waals surface area contributed by atoms with Gasteiger partial charge in [0.1, 0.15) is 5.75 Å². The summed E-state index contributed by atoms with van der Waals surface area (Å²) in [4.78, 5) is 13.6. The molecule has 0 amide bonds. The lowest BCUT2D eigenvalue weighted by Gasteiger charge is -2.10. The fourth-order valence-electron chi connectivity index (χ4n) is 2.87. The van der Waals surface area contributed by atoms with Crippen molar-refractivity contribution in [1.29, 1.82) is 0 Å². The third-order valence-corrected chi connectivity index (χ3v) is 4.87. The van der Waals surface area contributed by atoms with Crippen molar-refractivity contribution in [2.45, 2.75) is 6.92 Å². The molecule has 0 aliphatic heterocycles. The summed E-state index contributed by atoms with van der Waals surface area (Å²) in [6.07, 6.45) is 0. The van der Waals surface area contributed by atoms with Crippen molar-refractivity contribution in [1.82, 2.24) is 20.1 Å². The number of fused-ring (bicyclic) bond motifs is 1. The van der Waals surface area contributed by atoms with Gasteiger partial charge in [0.2, 0.25) is 17.6 Å². The van der Waals surface area contributed by atoms with E-state index >= 15 is 0 Å². The van der Waals surface area contributed by atoms with Crippen LogP contribution >= 0.6 is 11.3 Å². The third kappa shape index (κ3) is 3.12. The van der Waals surface area contributed by atoms with Crippen LogP contribution in [0.5, 0.6) is 11.6 Å². The molecule has 0 bridgehead atoms. The van der Waals surface area contributed by atoms with Gasteiger partial charge in [-0.05, 0) is 35.7 Å². The van der Waals surface area contributed by atoms with Crippen molar-refractivity contribution in [2.75, 3.05) is 0 Å². The van der Waals surface area contributed by atoms with Gasteiger partial charge >= 0.3 is 0 Å². The quantitative estimate of drug-likeness (QED) is 0.405. The molecule has 0 radical (unpaired) electrons. The van der Waals surface area contributed by atoms with E-state index in [1.54, 1.807) is 18.3 Å². The Morgan fingerprint density at radius 1 is 0.893 bits per heavy atom. The standard InChI is InChI=1S/C21H14N4O2S/c1-13-22-20(25-27-13)14-5-4-6-16(11-14)26-21-17-7-2-3-8-18(17)23-19(24-21)15-9-10-28-12-15/h2-12H,1H3. The SMILES string of the molecule is Cc1nc(-c2cccc(Oc3nc(-c4ccsc4)nc4ccccc34)c2)no1. The van der Waals surface area contributed by atoms with Crippen LogP contribution in [0.4, 0.5) is 0 Å². The molecule has 0 aliphatic rings. The summed E-state index contributed by atoms with van der Waals surface area (Å²) in [5.41, 5.74) is 2.61. The van der Waals surface area contributed by atoms with Crippen molar-refractivity contribution in [3.8, 4) is 34.4 Å². The van der Waals surface area contributed by atoms with Gasteiger partial charge in [0.05, 0.1) is 10.9 Å². The molecule has 5 aromatic rings. The van der Waals surface area contributed by atoms with E-state index in [0.717, 1.165) is 22.0 Å². The van der Waals surface area contributed by atoms with Gasteiger partial charge in [0.15, 0.2) is 5.82 Å². The van der Waals surface area contributed by atoms with Gasteiger partial charge in [-0.3, -0.25) is 0 Å². The molecular formula is C21H14N4O2S. The molecule has 6 nitrogen and oxygen atoms in total. The van der Waals surface area contributed by atoms with Crippen molar-refractivity contribution in [2.24, 2.45) is 0 Å². The topological polar surface area (TPSA) is 73.9 Å². The fourth-order valence-corrected chi connectivity index (χ4v) is 3.51. The molecule has 0 saturated heterocycles. The lowest BCUT2D eigenvalue weighted by Crippen LogP contribution is -1.95. The van der Waals surface area contributed by atoms with E-state index in [-0.39, 0.29) is 0 Å². The number of aryl methyl sites for hydroxylation is 1. The normalized spacial score (nSPS) is 11.0. The Balaban J connectivity index is 1.58. The molecule has 0 fully saturated rings. The monoisotopic (exact) mass is 386 g/mol. The minimum Gasteiger partial charge on any atom is -0.438 e. The highest BCUT2D eigenvalue weighted by molar-refractivity contribution is 7.08. The van der Waals surface area contributed by atoms with Gasteiger partial charge in [0, 0.05) is 23.4 Å². The maximum atomic E-state index is 6.17. The second-order valence-corrected chi connectivity index (χ2v) is 6.93. The average Bonchev–Trinajstić information content (AvgIpc) is 3.40. The fraction of sp³-hybridized carbons (Fsp3) is 0.0476. The van der Waals surface area contributed by atoms with Crippen LogP contribution in [0.15, 0.2) is 69.9 Å². The number of hydrogen-bond acceptors (Lipinski definition) is 7. The van der Waals surface area contributed by atoms with Crippen molar-refractivity contribution < 1.29 is 9.26 Å². The number of para-hydroxylation sites is 1. The molecule has 0 spiro atoms. The summed E-state index contributed by atoms with van der Waals surface area (Å²) >= 11 is 1.61. The van der Waals surface area contributed by atoms with E-state index in [4.69, 9.17) is 9.26 Å². The molecule has 28 heavy (non-hydrogen) atoms. The zero-order chi connectivity index (χ0) is 18.9. The minimum absolute atomic E-state index is 0.508. The molecule has 0 unspecified atom stereocenters. The van der Waals surface area contributed by atoms with Crippen molar-refractivity contribution >= 4 is 22.2 Å². The van der Waals surface area contributed by atoms with Crippen LogP contribution in [0.3, 0.4) is 0 Å². The highest BCUT2D eigenvalue weighted by Crippen LogP contribution is 2.32. The molecule has 3 aromatic heterocycles. The molecule has 0 atom stereocenters. The number of hydrogen-bond donors (Lipinski definition) is 0. The Morgan fingerprint density at radius 3 is 2.64 bits per heavy atom. The molecule has 0 saturated carbocycles. The Morgan fingerprint density at radius 2 is 1.82 bits per heavy atom. The first kappa shape index (κ1) is 16.6. The lowest BCUT2D eigenvalue weighted by molar-refractivity contribution is 0.394. The minimum atomic E-state index is 0.508. The molecule has 5 rings (SSSR count). The van der Waals surface area contributed by atoms with E-state index in [1.165, 1.54) is 0 Å². The summed E-state index contributed by atoms with van der Waals surface area (Å²) in [7, 11) is 0. The Bertz CT molecular complexity index is 1260. The lowest BCUT2D eigenvalue weighted by atomic mass is 10.2. The van der Waals surface area contributed by atoms with Crippen molar-refractivity contribution in [3.05, 3.63) is 71.2 Å². The van der Waals surface area contributed by atoms with Gasteiger partial charge in [0.25, 0.3) is 0 Å². The zero-order valence-corrected chi connectivity index (χ0v) is 15.7. The summed E-state index contributed by atoms with van der Waals surface area (Å²) in [5, 5.41) is 8.84. The number of rotatable bonds is 4. The van der Waals surface area contributed by atoms with Gasteiger partial charge in [-0.15, -0.1) is 0 Å². The van der Waals surface area contributed by atoms with Crippen LogP contribution in [0.2, 0.25) is 0 Å². The number of thiophene rings is 1. The first-order valence-corrected chi connectivity index (χ1v) is 9.58. The van der Waals surface area contributed by atoms with Crippen LogP contribution < -0.4 is 4.74 Å². The highest BCUT2D eigenvalue weighted by atomic mass is 32.1. The van der Waals surface area contributed by atoms with Gasteiger partial charge in [-0.1, -0.05) is 29.4 Å². The largest absolute Gasteiger partial charge is 0.438 e. The summed E-state index contributed by atoms with van der Waals surface area (Å²) in [5.74, 6) is 2.83. The zero-order valence-electron chi connectivity index (χ0n) is 14.9. The second-order valence-electron chi connectivity index (χ2n) is 6.15. The van der Waals surface area contributed by atoms with Crippen LogP contribution in [0.25, 0.3) is 33.7 Å². The molecule has 0 aliphatic carbocycles. The number of aromatic nitrogens is 4. The summed E-state index contributed by atoms with van der Waals surface area (Å²) < 4.78 is 11.2. The molecule has 3 heterocycles. The third-order valence-electron chi connectivity index (χ3n) is 4.18.